The standard InChI is InChI=1S/C18H27N5O2/c1-3-15-10-16(25-21-15)13-22-6-5-7-23(9-8-22)18(24)14-11-19-17(4-2)20-12-14/h11-12,16H,3-10,13H2,1-2H3. The first-order valence-electron chi connectivity index (χ1n) is 9.23. The lowest BCUT2D eigenvalue weighted by molar-refractivity contribution is 0.0530. The minimum Gasteiger partial charge on any atom is -0.391 e. The van der Waals surface area contributed by atoms with Crippen molar-refractivity contribution in [2.24, 2.45) is 5.16 Å². The molecule has 25 heavy (non-hydrogen) atoms. The molecule has 7 nitrogen and oxygen atoms in total. The normalized spacial score (nSPS) is 21.6. The number of carbonyl (C=O) groups excluding carboxylic acids is 1. The zero-order valence-corrected chi connectivity index (χ0v) is 15.1. The van der Waals surface area contributed by atoms with Crippen LogP contribution in [0.2, 0.25) is 0 Å². The molecule has 0 spiro atoms. The third kappa shape index (κ3) is 4.54. The Labute approximate surface area is 149 Å². The molecule has 1 amide bonds. The van der Waals surface area contributed by atoms with Gasteiger partial charge in [-0.1, -0.05) is 19.0 Å². The number of nitrogens with zero attached hydrogens (tertiary/aromatic N) is 5. The van der Waals surface area contributed by atoms with E-state index in [1.54, 1.807) is 12.4 Å². The number of hydrogen-bond acceptors (Lipinski definition) is 6. The first-order chi connectivity index (χ1) is 12.2. The fourth-order valence-corrected chi connectivity index (χ4v) is 3.27. The highest BCUT2D eigenvalue weighted by Crippen LogP contribution is 2.15. The van der Waals surface area contributed by atoms with Crippen molar-refractivity contribution in [3.63, 3.8) is 0 Å². The lowest BCUT2D eigenvalue weighted by Crippen LogP contribution is -2.37. The predicted molar refractivity (Wildman–Crippen MR) is 95.6 cm³/mol. The minimum absolute atomic E-state index is 0.0261. The maximum absolute atomic E-state index is 12.7. The van der Waals surface area contributed by atoms with E-state index in [2.05, 4.69) is 26.9 Å². The van der Waals surface area contributed by atoms with Gasteiger partial charge in [0, 0.05) is 58.0 Å². The second-order valence-electron chi connectivity index (χ2n) is 6.63. The van der Waals surface area contributed by atoms with Crippen LogP contribution in [0.1, 0.15) is 49.3 Å². The van der Waals surface area contributed by atoms with Gasteiger partial charge in [0.05, 0.1) is 11.3 Å². The molecule has 1 fully saturated rings. The van der Waals surface area contributed by atoms with Crippen LogP contribution in [0, 0.1) is 0 Å². The lowest BCUT2D eigenvalue weighted by Gasteiger charge is -2.23. The van der Waals surface area contributed by atoms with E-state index in [-0.39, 0.29) is 12.0 Å². The average molecular weight is 345 g/mol. The maximum atomic E-state index is 12.7. The van der Waals surface area contributed by atoms with E-state index in [1.807, 2.05) is 11.8 Å². The fourth-order valence-electron chi connectivity index (χ4n) is 3.27. The van der Waals surface area contributed by atoms with E-state index >= 15 is 0 Å². The Hall–Kier alpha value is -2.02. The van der Waals surface area contributed by atoms with E-state index in [0.717, 1.165) is 69.9 Å². The van der Waals surface area contributed by atoms with Crippen LogP contribution < -0.4 is 0 Å². The average Bonchev–Trinajstić information content (AvgIpc) is 2.98. The van der Waals surface area contributed by atoms with Gasteiger partial charge >= 0.3 is 0 Å². The minimum atomic E-state index is 0.0261. The topological polar surface area (TPSA) is 70.9 Å². The first kappa shape index (κ1) is 17.8. The highest BCUT2D eigenvalue weighted by Gasteiger charge is 2.25. The Bertz CT molecular complexity index is 616. The molecular formula is C18H27N5O2. The maximum Gasteiger partial charge on any atom is 0.257 e. The van der Waals surface area contributed by atoms with E-state index in [1.165, 1.54) is 0 Å². The predicted octanol–water partition coefficient (Wildman–Crippen LogP) is 1.74. The van der Waals surface area contributed by atoms with Gasteiger partial charge < -0.3 is 9.74 Å². The molecule has 2 aliphatic rings. The van der Waals surface area contributed by atoms with Gasteiger partial charge in [-0.2, -0.15) is 0 Å². The smallest absolute Gasteiger partial charge is 0.257 e. The van der Waals surface area contributed by atoms with Crippen molar-refractivity contribution in [2.75, 3.05) is 32.7 Å². The van der Waals surface area contributed by atoms with Gasteiger partial charge in [0.1, 0.15) is 11.9 Å². The summed E-state index contributed by atoms with van der Waals surface area (Å²) < 4.78 is 0. The van der Waals surface area contributed by atoms with Crippen molar-refractivity contribution >= 4 is 11.6 Å². The van der Waals surface area contributed by atoms with E-state index in [0.29, 0.717) is 5.56 Å². The number of oxime groups is 1. The molecule has 136 valence electrons. The number of aromatic nitrogens is 2. The van der Waals surface area contributed by atoms with Crippen LogP contribution in [0.25, 0.3) is 0 Å². The number of aryl methyl sites for hydroxylation is 1. The van der Waals surface area contributed by atoms with Gasteiger partial charge in [0.2, 0.25) is 0 Å². The Morgan fingerprint density at radius 2 is 1.96 bits per heavy atom. The molecule has 0 saturated carbocycles. The van der Waals surface area contributed by atoms with Gasteiger partial charge in [0.25, 0.3) is 5.91 Å². The van der Waals surface area contributed by atoms with Crippen LogP contribution in [0.4, 0.5) is 0 Å². The molecule has 3 heterocycles. The Morgan fingerprint density at radius 3 is 2.64 bits per heavy atom. The molecule has 2 aliphatic heterocycles. The summed E-state index contributed by atoms with van der Waals surface area (Å²) in [6.45, 7) is 8.33. The molecule has 1 aromatic rings. The summed E-state index contributed by atoms with van der Waals surface area (Å²) >= 11 is 0. The van der Waals surface area contributed by atoms with Crippen LogP contribution in [-0.4, -0.2) is 70.2 Å². The molecule has 7 heteroatoms. The van der Waals surface area contributed by atoms with Crippen LogP contribution in [0.5, 0.6) is 0 Å². The second kappa shape index (κ2) is 8.38. The largest absolute Gasteiger partial charge is 0.391 e. The summed E-state index contributed by atoms with van der Waals surface area (Å²) in [6, 6.07) is 0. The zero-order valence-electron chi connectivity index (χ0n) is 15.1. The van der Waals surface area contributed by atoms with Crippen molar-refractivity contribution in [2.45, 2.75) is 45.6 Å². The monoisotopic (exact) mass is 345 g/mol. The first-order valence-corrected chi connectivity index (χ1v) is 9.23. The van der Waals surface area contributed by atoms with Crippen molar-refractivity contribution in [1.29, 1.82) is 0 Å². The summed E-state index contributed by atoms with van der Waals surface area (Å²) in [5, 5.41) is 4.13. The molecule has 0 aliphatic carbocycles. The molecule has 1 aromatic heterocycles. The molecular weight excluding hydrogens is 318 g/mol. The third-order valence-electron chi connectivity index (χ3n) is 4.81. The van der Waals surface area contributed by atoms with Crippen LogP contribution >= 0.6 is 0 Å². The van der Waals surface area contributed by atoms with Crippen LogP contribution in [-0.2, 0) is 11.3 Å². The summed E-state index contributed by atoms with van der Waals surface area (Å²) in [5.41, 5.74) is 1.72. The quantitative estimate of drug-likeness (QED) is 0.813. The van der Waals surface area contributed by atoms with E-state index in [4.69, 9.17) is 4.84 Å². The fraction of sp³-hybridized carbons (Fsp3) is 0.667. The van der Waals surface area contributed by atoms with Gasteiger partial charge in [-0.3, -0.25) is 9.69 Å². The van der Waals surface area contributed by atoms with Crippen molar-refractivity contribution in [1.82, 2.24) is 19.8 Å². The number of hydrogen-bond donors (Lipinski definition) is 0. The molecule has 1 saturated heterocycles. The number of carbonyl (C=O) groups is 1. The molecule has 0 N–H and O–H groups in total. The number of amides is 1. The molecule has 0 aromatic carbocycles. The lowest BCUT2D eigenvalue weighted by atomic mass is 10.1. The molecule has 1 atom stereocenters. The van der Waals surface area contributed by atoms with E-state index in [9.17, 15) is 4.79 Å². The Morgan fingerprint density at radius 1 is 1.16 bits per heavy atom. The van der Waals surface area contributed by atoms with Crippen LogP contribution in [0.15, 0.2) is 17.5 Å². The summed E-state index contributed by atoms with van der Waals surface area (Å²) in [7, 11) is 0. The summed E-state index contributed by atoms with van der Waals surface area (Å²) in [5.74, 6) is 0.794. The Kier molecular flexibility index (Phi) is 5.96. The summed E-state index contributed by atoms with van der Waals surface area (Å²) in [6.07, 6.45) is 7.08. The van der Waals surface area contributed by atoms with Gasteiger partial charge in [0.15, 0.2) is 0 Å². The van der Waals surface area contributed by atoms with E-state index < -0.39 is 0 Å². The highest BCUT2D eigenvalue weighted by molar-refractivity contribution is 5.93. The van der Waals surface area contributed by atoms with Gasteiger partial charge in [-0.05, 0) is 12.8 Å². The van der Waals surface area contributed by atoms with Crippen LogP contribution in [0.3, 0.4) is 0 Å². The molecule has 3 rings (SSSR count). The molecule has 0 radical (unpaired) electrons. The molecule has 1 unspecified atom stereocenters. The van der Waals surface area contributed by atoms with Crippen molar-refractivity contribution in [3.05, 3.63) is 23.8 Å². The van der Waals surface area contributed by atoms with Crippen molar-refractivity contribution < 1.29 is 9.63 Å². The summed E-state index contributed by atoms with van der Waals surface area (Å²) in [4.78, 5) is 30.9. The second-order valence-corrected chi connectivity index (χ2v) is 6.63. The molecule has 0 bridgehead atoms. The third-order valence-corrected chi connectivity index (χ3v) is 4.81. The zero-order chi connectivity index (χ0) is 17.6. The SMILES string of the molecule is CCC1=NOC(CN2CCCN(C(=O)c3cnc(CC)nc3)CC2)C1. The Balaban J connectivity index is 1.51. The van der Waals surface area contributed by atoms with Gasteiger partial charge in [-0.15, -0.1) is 0 Å². The van der Waals surface area contributed by atoms with Gasteiger partial charge in [-0.25, -0.2) is 9.97 Å². The number of rotatable bonds is 5. The highest BCUT2D eigenvalue weighted by atomic mass is 16.6. The van der Waals surface area contributed by atoms with Crippen molar-refractivity contribution in [3.8, 4) is 0 Å².